The topological polar surface area (TPSA) is 65.7 Å². The van der Waals surface area contributed by atoms with Gasteiger partial charge in [0, 0.05) is 12.6 Å². The second-order valence-corrected chi connectivity index (χ2v) is 9.89. The molecule has 0 saturated carbocycles. The Labute approximate surface area is 212 Å². The Morgan fingerprint density at radius 1 is 1.11 bits per heavy atom. The fourth-order valence-electron chi connectivity index (χ4n) is 4.26. The van der Waals surface area contributed by atoms with Crippen LogP contribution in [0.5, 0.6) is 11.5 Å². The van der Waals surface area contributed by atoms with E-state index in [9.17, 15) is 9.59 Å². The van der Waals surface area contributed by atoms with Crippen LogP contribution in [0.3, 0.4) is 0 Å². The minimum Gasteiger partial charge on any atom is -0.493 e. The van der Waals surface area contributed by atoms with Crippen molar-refractivity contribution in [2.24, 2.45) is 7.05 Å². The molecule has 178 valence electrons. The summed E-state index contributed by atoms with van der Waals surface area (Å²) in [5.74, 6) is 1.01. The van der Waals surface area contributed by atoms with Crippen molar-refractivity contribution in [3.8, 4) is 17.2 Å². The number of para-hydroxylation sites is 2. The lowest BCUT2D eigenvalue weighted by Crippen LogP contribution is -2.33. The van der Waals surface area contributed by atoms with Crippen molar-refractivity contribution in [1.29, 1.82) is 0 Å². The van der Waals surface area contributed by atoms with Crippen LogP contribution in [-0.4, -0.2) is 32.8 Å². The molecule has 7 nitrogen and oxygen atoms in total. The number of fused-ring (bicyclic) bond motifs is 1. The first-order chi connectivity index (χ1) is 16.8. The first-order valence-electron chi connectivity index (χ1n) is 11.0. The van der Waals surface area contributed by atoms with E-state index in [-0.39, 0.29) is 23.3 Å². The van der Waals surface area contributed by atoms with Crippen molar-refractivity contribution in [2.45, 2.75) is 20.0 Å². The maximum atomic E-state index is 13.5. The summed E-state index contributed by atoms with van der Waals surface area (Å²) in [5, 5.41) is 0. The van der Waals surface area contributed by atoms with Crippen LogP contribution in [0, 0.1) is 6.92 Å². The molecule has 0 N–H and O–H groups in total. The summed E-state index contributed by atoms with van der Waals surface area (Å²) >= 11 is 6.74. The molecule has 0 spiro atoms. The van der Waals surface area contributed by atoms with E-state index in [4.69, 9.17) is 21.7 Å². The number of carbonyl (C=O) groups is 1. The van der Waals surface area contributed by atoms with E-state index in [1.54, 1.807) is 24.9 Å². The molecule has 0 bridgehead atoms. The highest BCUT2D eigenvalue weighted by molar-refractivity contribution is 8.27. The lowest BCUT2D eigenvalue weighted by molar-refractivity contribution is -0.113. The lowest BCUT2D eigenvalue weighted by atomic mass is 10.0. The van der Waals surface area contributed by atoms with Gasteiger partial charge in [0.15, 0.2) is 15.8 Å². The van der Waals surface area contributed by atoms with Gasteiger partial charge in [0.05, 0.1) is 23.4 Å². The molecule has 2 aliphatic heterocycles. The van der Waals surface area contributed by atoms with Gasteiger partial charge >= 0.3 is 0 Å². The van der Waals surface area contributed by atoms with Gasteiger partial charge in [-0.25, -0.2) is 4.68 Å². The first-order valence-corrected chi connectivity index (χ1v) is 12.2. The molecule has 2 aromatic carbocycles. The maximum absolute atomic E-state index is 13.5. The van der Waals surface area contributed by atoms with Crippen LogP contribution in [0.25, 0.3) is 11.8 Å². The molecule has 0 radical (unpaired) electrons. The Bertz CT molecular complexity index is 1480. The molecule has 3 aromatic rings. The van der Waals surface area contributed by atoms with Gasteiger partial charge < -0.3 is 9.47 Å². The van der Waals surface area contributed by atoms with Gasteiger partial charge in [-0.1, -0.05) is 54.3 Å². The first kappa shape index (κ1) is 23.2. The Balaban J connectivity index is 1.54. The van der Waals surface area contributed by atoms with Crippen LogP contribution in [0.4, 0.5) is 5.69 Å². The summed E-state index contributed by atoms with van der Waals surface area (Å²) in [4.78, 5) is 28.7. The Morgan fingerprint density at radius 3 is 2.57 bits per heavy atom. The summed E-state index contributed by atoms with van der Waals surface area (Å²) in [6.45, 7) is 3.72. The lowest BCUT2D eigenvalue weighted by Gasteiger charge is -2.24. The molecule has 9 heteroatoms. The summed E-state index contributed by atoms with van der Waals surface area (Å²) in [5.41, 5.74) is 3.02. The summed E-state index contributed by atoms with van der Waals surface area (Å²) in [7, 11) is 3.39. The number of benzene rings is 2. The predicted molar refractivity (Wildman–Crippen MR) is 143 cm³/mol. The molecule has 1 saturated heterocycles. The van der Waals surface area contributed by atoms with Gasteiger partial charge in [0.2, 0.25) is 0 Å². The van der Waals surface area contributed by atoms with Crippen LogP contribution in [0.1, 0.15) is 18.2 Å². The van der Waals surface area contributed by atoms with Crippen LogP contribution in [0.2, 0.25) is 0 Å². The molecular formula is C26H23N3O4S2. The average Bonchev–Trinajstić information content (AvgIpc) is 3.24. The number of hydrogen-bond acceptors (Lipinski definition) is 6. The monoisotopic (exact) mass is 505 g/mol. The van der Waals surface area contributed by atoms with Crippen molar-refractivity contribution in [1.82, 2.24) is 9.36 Å². The van der Waals surface area contributed by atoms with E-state index in [1.807, 2.05) is 68.5 Å². The second kappa shape index (κ2) is 8.90. The quantitative estimate of drug-likeness (QED) is 0.381. The average molecular weight is 506 g/mol. The number of hydrogen-bond donors (Lipinski definition) is 0. The number of carbonyl (C=O) groups excluding carboxylic acids is 1. The van der Waals surface area contributed by atoms with Crippen LogP contribution in [0.15, 0.2) is 69.9 Å². The molecule has 1 unspecified atom stereocenters. The number of methoxy groups -OCH3 is 1. The van der Waals surface area contributed by atoms with Gasteiger partial charge in [-0.2, -0.15) is 0 Å². The van der Waals surface area contributed by atoms with Crippen molar-refractivity contribution in [2.75, 3.05) is 12.0 Å². The number of rotatable bonds is 4. The molecule has 5 rings (SSSR count). The third kappa shape index (κ3) is 3.81. The van der Waals surface area contributed by atoms with E-state index in [2.05, 4.69) is 0 Å². The summed E-state index contributed by atoms with van der Waals surface area (Å²) < 4.78 is 15.1. The molecule has 35 heavy (non-hydrogen) atoms. The molecule has 2 aliphatic rings. The minimum absolute atomic E-state index is 0.263. The van der Waals surface area contributed by atoms with Gasteiger partial charge in [-0.05, 0) is 49.8 Å². The number of amides is 1. The zero-order valence-electron chi connectivity index (χ0n) is 19.6. The normalized spacial score (nSPS) is 18.5. The van der Waals surface area contributed by atoms with E-state index < -0.39 is 0 Å². The van der Waals surface area contributed by atoms with Crippen LogP contribution < -0.4 is 19.9 Å². The fraction of sp³-hybridized carbons (Fsp3) is 0.192. The van der Waals surface area contributed by atoms with Gasteiger partial charge in [0.25, 0.3) is 11.5 Å². The van der Waals surface area contributed by atoms with Gasteiger partial charge in [0.1, 0.15) is 11.8 Å². The number of thiocarbonyl (C=S) groups is 1. The van der Waals surface area contributed by atoms with Gasteiger partial charge in [-0.3, -0.25) is 19.2 Å². The maximum Gasteiger partial charge on any atom is 0.296 e. The number of anilines is 1. The van der Waals surface area contributed by atoms with Crippen molar-refractivity contribution in [3.05, 3.63) is 86.7 Å². The SMILES string of the molecule is COc1cccc2c1OC(C)C(/C=C1\SC(=S)N(c3c(C)n(C)n(-c4ccccc4)c3=O)C1=O)=C2. The molecule has 1 atom stereocenters. The smallest absolute Gasteiger partial charge is 0.296 e. The molecule has 0 aliphatic carbocycles. The molecule has 3 heterocycles. The molecule has 1 fully saturated rings. The highest BCUT2D eigenvalue weighted by Gasteiger charge is 2.38. The molecular weight excluding hydrogens is 482 g/mol. The highest BCUT2D eigenvalue weighted by Crippen LogP contribution is 2.40. The summed E-state index contributed by atoms with van der Waals surface area (Å²) in [6.07, 6.45) is 3.48. The third-order valence-electron chi connectivity index (χ3n) is 6.15. The van der Waals surface area contributed by atoms with E-state index in [0.717, 1.165) is 11.1 Å². The van der Waals surface area contributed by atoms with E-state index >= 15 is 0 Å². The van der Waals surface area contributed by atoms with Crippen LogP contribution in [-0.2, 0) is 11.8 Å². The Hall–Kier alpha value is -3.56. The third-order valence-corrected chi connectivity index (χ3v) is 7.46. The number of ether oxygens (including phenoxy) is 2. The van der Waals surface area contributed by atoms with E-state index in [1.165, 1.54) is 21.3 Å². The fourth-order valence-corrected chi connectivity index (χ4v) is 5.53. The minimum atomic E-state index is -0.324. The van der Waals surface area contributed by atoms with Crippen molar-refractivity contribution >= 4 is 46.0 Å². The Morgan fingerprint density at radius 2 is 1.86 bits per heavy atom. The van der Waals surface area contributed by atoms with Gasteiger partial charge in [-0.15, -0.1) is 0 Å². The zero-order valence-corrected chi connectivity index (χ0v) is 21.3. The molecule has 1 amide bonds. The number of nitrogens with zero attached hydrogens (tertiary/aromatic N) is 3. The molecule has 1 aromatic heterocycles. The second-order valence-electron chi connectivity index (χ2n) is 8.21. The van der Waals surface area contributed by atoms with Crippen molar-refractivity contribution < 1.29 is 14.3 Å². The Kier molecular flexibility index (Phi) is 5.90. The van der Waals surface area contributed by atoms with Crippen LogP contribution >= 0.6 is 24.0 Å². The summed E-state index contributed by atoms with van der Waals surface area (Å²) in [6, 6.07) is 15.0. The van der Waals surface area contributed by atoms with E-state index in [0.29, 0.717) is 32.1 Å². The number of thioether (sulfide) groups is 1. The largest absolute Gasteiger partial charge is 0.493 e. The standard InChI is InChI=1S/C26H23N3O4S2/c1-15-22(25(31)29(27(15)3)19-10-6-5-7-11-19)28-24(30)21(35-26(28)34)14-18-13-17-9-8-12-20(32-4)23(17)33-16(18)2/h5-14,16H,1-4H3/b21-14-. The highest BCUT2D eigenvalue weighted by atomic mass is 32.2. The predicted octanol–water partition coefficient (Wildman–Crippen LogP) is 4.61. The number of aromatic nitrogens is 2. The van der Waals surface area contributed by atoms with Crippen molar-refractivity contribution in [3.63, 3.8) is 0 Å². The zero-order chi connectivity index (χ0) is 24.9.